The monoisotopic (exact) mass is 318 g/mol. The molecule has 0 aliphatic heterocycles. The van der Waals surface area contributed by atoms with Gasteiger partial charge < -0.3 is 5.11 Å². The Morgan fingerprint density at radius 2 is 1.75 bits per heavy atom. The van der Waals surface area contributed by atoms with Crippen molar-refractivity contribution in [1.29, 1.82) is 0 Å². The van der Waals surface area contributed by atoms with E-state index in [1.165, 1.54) is 12.1 Å². The third-order valence-corrected chi connectivity index (χ3v) is 3.71. The van der Waals surface area contributed by atoms with Gasteiger partial charge >= 0.3 is 0 Å². The van der Waals surface area contributed by atoms with E-state index in [-0.39, 0.29) is 11.4 Å². The van der Waals surface area contributed by atoms with E-state index < -0.39 is 4.92 Å². The minimum absolute atomic E-state index is 0.0400. The van der Waals surface area contributed by atoms with Crippen molar-refractivity contribution in [2.45, 2.75) is 13.8 Å². The summed E-state index contributed by atoms with van der Waals surface area (Å²) in [5.41, 5.74) is 3.63. The van der Waals surface area contributed by atoms with Gasteiger partial charge in [0.1, 0.15) is 11.4 Å². The van der Waals surface area contributed by atoms with E-state index in [1.807, 2.05) is 26.0 Å². The van der Waals surface area contributed by atoms with Crippen LogP contribution < -0.4 is 0 Å². The van der Waals surface area contributed by atoms with Gasteiger partial charge in [0.05, 0.1) is 10.4 Å². The Balaban J connectivity index is 1.97. The Kier molecular flexibility index (Phi) is 3.88. The summed E-state index contributed by atoms with van der Waals surface area (Å²) >= 11 is 0. The molecule has 0 radical (unpaired) electrons. The number of benzene rings is 2. The van der Waals surface area contributed by atoms with Crippen molar-refractivity contribution in [1.82, 2.24) is 4.98 Å². The summed E-state index contributed by atoms with van der Waals surface area (Å²) in [5, 5.41) is 21.3. The largest absolute Gasteiger partial charge is 0.507 e. The lowest BCUT2D eigenvalue weighted by Gasteiger charge is -2.03. The summed E-state index contributed by atoms with van der Waals surface area (Å²) < 4.78 is 0. The van der Waals surface area contributed by atoms with E-state index in [4.69, 9.17) is 0 Å². The Bertz CT molecular complexity index is 1010. The van der Waals surface area contributed by atoms with Gasteiger partial charge in [0.15, 0.2) is 0 Å². The van der Waals surface area contributed by atoms with E-state index in [2.05, 4.69) is 16.8 Å². The van der Waals surface area contributed by atoms with Gasteiger partial charge in [-0.1, -0.05) is 5.92 Å². The van der Waals surface area contributed by atoms with E-state index in [9.17, 15) is 15.2 Å². The van der Waals surface area contributed by atoms with Crippen LogP contribution >= 0.6 is 0 Å². The Morgan fingerprint density at radius 1 is 1.04 bits per heavy atom. The SMILES string of the molecule is Cc1cc(C#Cc2ccc3cc([N+](=O)[O-])ccc3n2)cc(C)c1O. The molecule has 0 aliphatic rings. The number of rotatable bonds is 1. The second-order valence-electron chi connectivity index (χ2n) is 5.54. The molecule has 0 amide bonds. The van der Waals surface area contributed by atoms with Crippen LogP contribution in [0.25, 0.3) is 10.9 Å². The number of aryl methyl sites for hydroxylation is 2. The number of nitrogens with zero attached hydrogens (tertiary/aromatic N) is 2. The molecule has 0 unspecified atom stereocenters. The van der Waals surface area contributed by atoms with Crippen molar-refractivity contribution in [3.8, 4) is 17.6 Å². The number of aromatic nitrogens is 1. The fourth-order valence-corrected chi connectivity index (χ4v) is 2.46. The molecule has 2 aromatic carbocycles. The molecule has 0 spiro atoms. The number of hydrogen-bond donors (Lipinski definition) is 1. The number of nitro groups is 1. The minimum atomic E-state index is -0.428. The first-order valence-corrected chi connectivity index (χ1v) is 7.31. The molecule has 1 heterocycles. The number of hydrogen-bond acceptors (Lipinski definition) is 4. The van der Waals surface area contributed by atoms with Crippen molar-refractivity contribution >= 4 is 16.6 Å². The first kappa shape index (κ1) is 15.5. The lowest BCUT2D eigenvalue weighted by atomic mass is 10.1. The molecule has 0 saturated carbocycles. The number of aromatic hydroxyl groups is 1. The number of nitro benzene ring substituents is 1. The molecule has 0 saturated heterocycles. The van der Waals surface area contributed by atoms with Gasteiger partial charge in [0.25, 0.3) is 5.69 Å². The summed E-state index contributed by atoms with van der Waals surface area (Å²) in [6, 6.07) is 11.7. The van der Waals surface area contributed by atoms with Gasteiger partial charge in [0.2, 0.25) is 0 Å². The van der Waals surface area contributed by atoms with Crippen LogP contribution in [0.4, 0.5) is 5.69 Å². The average Bonchev–Trinajstić information content (AvgIpc) is 2.57. The number of pyridine rings is 1. The van der Waals surface area contributed by atoms with E-state index in [0.717, 1.165) is 16.7 Å². The maximum atomic E-state index is 10.8. The molecule has 0 atom stereocenters. The minimum Gasteiger partial charge on any atom is -0.507 e. The maximum absolute atomic E-state index is 10.8. The summed E-state index contributed by atoms with van der Waals surface area (Å²) in [6.45, 7) is 3.66. The highest BCUT2D eigenvalue weighted by atomic mass is 16.6. The molecule has 24 heavy (non-hydrogen) atoms. The van der Waals surface area contributed by atoms with Crippen LogP contribution in [-0.2, 0) is 0 Å². The molecule has 3 aromatic rings. The molecular formula is C19H14N2O3. The Morgan fingerprint density at radius 3 is 2.42 bits per heavy atom. The number of fused-ring (bicyclic) bond motifs is 1. The molecule has 1 aromatic heterocycles. The third kappa shape index (κ3) is 3.03. The summed E-state index contributed by atoms with van der Waals surface area (Å²) in [5.74, 6) is 6.30. The van der Waals surface area contributed by atoms with Crippen molar-refractivity contribution in [3.63, 3.8) is 0 Å². The molecule has 3 rings (SSSR count). The van der Waals surface area contributed by atoms with E-state index in [1.54, 1.807) is 18.2 Å². The lowest BCUT2D eigenvalue weighted by Crippen LogP contribution is -1.90. The zero-order valence-corrected chi connectivity index (χ0v) is 13.2. The lowest BCUT2D eigenvalue weighted by molar-refractivity contribution is -0.384. The highest BCUT2D eigenvalue weighted by molar-refractivity contribution is 5.81. The van der Waals surface area contributed by atoms with Crippen LogP contribution in [0.5, 0.6) is 5.75 Å². The van der Waals surface area contributed by atoms with Crippen LogP contribution in [0, 0.1) is 35.8 Å². The fraction of sp³-hybridized carbons (Fsp3) is 0.105. The summed E-state index contributed by atoms with van der Waals surface area (Å²) in [7, 11) is 0. The maximum Gasteiger partial charge on any atom is 0.270 e. The zero-order valence-electron chi connectivity index (χ0n) is 13.2. The average molecular weight is 318 g/mol. The molecule has 0 fully saturated rings. The van der Waals surface area contributed by atoms with Crippen LogP contribution in [0.3, 0.4) is 0 Å². The fourth-order valence-electron chi connectivity index (χ4n) is 2.46. The molecule has 0 aliphatic carbocycles. The topological polar surface area (TPSA) is 76.3 Å². The summed E-state index contributed by atoms with van der Waals surface area (Å²) in [4.78, 5) is 14.8. The Labute approximate surface area is 138 Å². The highest BCUT2D eigenvalue weighted by Gasteiger charge is 2.06. The van der Waals surface area contributed by atoms with Crippen molar-refractivity contribution in [3.05, 3.63) is 75.0 Å². The molecule has 1 N–H and O–H groups in total. The molecule has 118 valence electrons. The van der Waals surface area contributed by atoms with Crippen LogP contribution in [0.2, 0.25) is 0 Å². The van der Waals surface area contributed by atoms with Crippen molar-refractivity contribution in [2.24, 2.45) is 0 Å². The predicted octanol–water partition coefficient (Wildman–Crippen LogP) is 3.87. The number of non-ortho nitro benzene ring substituents is 1. The van der Waals surface area contributed by atoms with Gasteiger partial charge in [-0.3, -0.25) is 10.1 Å². The van der Waals surface area contributed by atoms with Crippen LogP contribution in [-0.4, -0.2) is 15.0 Å². The number of phenols is 1. The normalized spacial score (nSPS) is 10.2. The van der Waals surface area contributed by atoms with Gasteiger partial charge in [-0.05, 0) is 61.2 Å². The molecule has 5 heteroatoms. The first-order valence-electron chi connectivity index (χ1n) is 7.31. The highest BCUT2D eigenvalue weighted by Crippen LogP contribution is 2.22. The Hall–Kier alpha value is -3.39. The second-order valence-corrected chi connectivity index (χ2v) is 5.54. The standard InChI is InChI=1S/C19H14N2O3/c1-12-9-14(10-13(2)19(12)22)3-5-16-6-4-15-11-17(21(23)24)7-8-18(15)20-16/h4,6-11,22H,1-2H3. The zero-order chi connectivity index (χ0) is 17.3. The van der Waals surface area contributed by atoms with Gasteiger partial charge in [-0.2, -0.15) is 0 Å². The second kappa shape index (κ2) is 6.01. The van der Waals surface area contributed by atoms with Crippen LogP contribution in [0.1, 0.15) is 22.4 Å². The molecule has 0 bridgehead atoms. The smallest absolute Gasteiger partial charge is 0.270 e. The molecule has 5 nitrogen and oxygen atoms in total. The van der Waals surface area contributed by atoms with Crippen molar-refractivity contribution < 1.29 is 10.0 Å². The van der Waals surface area contributed by atoms with Gasteiger partial charge in [0, 0.05) is 23.1 Å². The molecular weight excluding hydrogens is 304 g/mol. The first-order chi connectivity index (χ1) is 11.4. The van der Waals surface area contributed by atoms with E-state index in [0.29, 0.717) is 16.6 Å². The number of phenolic OH excluding ortho intramolecular Hbond substituents is 1. The van der Waals surface area contributed by atoms with Crippen molar-refractivity contribution in [2.75, 3.05) is 0 Å². The third-order valence-electron chi connectivity index (χ3n) is 3.71. The van der Waals surface area contributed by atoms with Gasteiger partial charge in [-0.15, -0.1) is 0 Å². The van der Waals surface area contributed by atoms with E-state index >= 15 is 0 Å². The predicted molar refractivity (Wildman–Crippen MR) is 92.0 cm³/mol. The van der Waals surface area contributed by atoms with Gasteiger partial charge in [-0.25, -0.2) is 4.98 Å². The van der Waals surface area contributed by atoms with Crippen LogP contribution in [0.15, 0.2) is 42.5 Å². The quantitative estimate of drug-likeness (QED) is 0.420. The summed E-state index contributed by atoms with van der Waals surface area (Å²) in [6.07, 6.45) is 0.